The van der Waals surface area contributed by atoms with Crippen molar-refractivity contribution in [2.45, 2.75) is 37.6 Å². The minimum atomic E-state index is -3.80. The molecule has 1 fully saturated rings. The highest BCUT2D eigenvalue weighted by Crippen LogP contribution is 2.17. The van der Waals surface area contributed by atoms with E-state index in [1.54, 1.807) is 12.1 Å². The van der Waals surface area contributed by atoms with Crippen LogP contribution in [0.15, 0.2) is 29.2 Å². The number of rotatable bonds is 8. The number of nitrogens with one attached hydrogen (secondary N) is 3. The Labute approximate surface area is 168 Å². The second-order valence-electron chi connectivity index (χ2n) is 6.98. The van der Waals surface area contributed by atoms with Crippen molar-refractivity contribution in [1.29, 1.82) is 0 Å². The van der Waals surface area contributed by atoms with Gasteiger partial charge < -0.3 is 15.4 Å². The van der Waals surface area contributed by atoms with Crippen LogP contribution in [-0.4, -0.2) is 47.1 Å². The fourth-order valence-electron chi connectivity index (χ4n) is 2.94. The minimum Gasteiger partial charge on any atom is -0.497 e. The van der Waals surface area contributed by atoms with Crippen molar-refractivity contribution in [2.24, 2.45) is 11.8 Å². The summed E-state index contributed by atoms with van der Waals surface area (Å²) in [4.78, 5) is 12.7. The summed E-state index contributed by atoms with van der Waals surface area (Å²) in [5.41, 5.74) is 0. The molecule has 1 aromatic rings. The number of halogens is 1. The van der Waals surface area contributed by atoms with Crippen LogP contribution in [0.5, 0.6) is 5.75 Å². The van der Waals surface area contributed by atoms with E-state index in [1.165, 1.54) is 19.2 Å². The minimum absolute atomic E-state index is 0. The Morgan fingerprint density at radius 1 is 1.30 bits per heavy atom. The first-order valence-corrected chi connectivity index (χ1v) is 10.5. The number of piperidine rings is 1. The lowest BCUT2D eigenvalue weighted by Gasteiger charge is -2.26. The lowest BCUT2D eigenvalue weighted by molar-refractivity contribution is -0.123. The van der Waals surface area contributed by atoms with E-state index >= 15 is 0 Å². The molecule has 154 valence electrons. The first-order chi connectivity index (χ1) is 12.3. The standard InChI is InChI=1S/C18H29N3O4S.ClH/c1-13(2)17(18(22)20-12-14-5-4-10-19-11-14)21-26(23,24)16-8-6-15(25-3)7-9-16;/h6-9,13-14,17,19,21H,4-5,10-12H2,1-3H3,(H,20,22);1H. The number of hydrogen-bond acceptors (Lipinski definition) is 5. The average molecular weight is 420 g/mol. The van der Waals surface area contributed by atoms with Gasteiger partial charge >= 0.3 is 0 Å². The van der Waals surface area contributed by atoms with Crippen LogP contribution in [0.1, 0.15) is 26.7 Å². The number of hydrogen-bond donors (Lipinski definition) is 3. The van der Waals surface area contributed by atoms with E-state index in [4.69, 9.17) is 4.74 Å². The molecule has 2 atom stereocenters. The Kier molecular flexibility index (Phi) is 9.52. The van der Waals surface area contributed by atoms with E-state index in [1.807, 2.05) is 13.8 Å². The molecule has 1 amide bonds. The molecule has 0 spiro atoms. The maximum atomic E-state index is 12.6. The molecule has 9 heteroatoms. The highest BCUT2D eigenvalue weighted by atomic mass is 35.5. The van der Waals surface area contributed by atoms with Crippen LogP contribution in [0.4, 0.5) is 0 Å². The summed E-state index contributed by atoms with van der Waals surface area (Å²) < 4.78 is 32.8. The van der Waals surface area contributed by atoms with Crippen molar-refractivity contribution in [1.82, 2.24) is 15.4 Å². The number of carbonyl (C=O) groups excluding carboxylic acids is 1. The Morgan fingerprint density at radius 3 is 2.48 bits per heavy atom. The maximum Gasteiger partial charge on any atom is 0.241 e. The van der Waals surface area contributed by atoms with Crippen molar-refractivity contribution >= 4 is 28.3 Å². The fraction of sp³-hybridized carbons (Fsp3) is 0.611. The number of amides is 1. The average Bonchev–Trinajstić information content (AvgIpc) is 2.65. The van der Waals surface area contributed by atoms with Gasteiger partial charge in [0.15, 0.2) is 0 Å². The molecule has 1 saturated heterocycles. The van der Waals surface area contributed by atoms with Crippen molar-refractivity contribution in [3.05, 3.63) is 24.3 Å². The van der Waals surface area contributed by atoms with E-state index in [-0.39, 0.29) is 29.1 Å². The zero-order valence-corrected chi connectivity index (χ0v) is 17.7. The zero-order chi connectivity index (χ0) is 19.2. The summed E-state index contributed by atoms with van der Waals surface area (Å²) in [5.74, 6) is 0.497. The largest absolute Gasteiger partial charge is 0.497 e. The van der Waals surface area contributed by atoms with Crippen molar-refractivity contribution < 1.29 is 17.9 Å². The topological polar surface area (TPSA) is 96.5 Å². The monoisotopic (exact) mass is 419 g/mol. The van der Waals surface area contributed by atoms with E-state index < -0.39 is 16.1 Å². The summed E-state index contributed by atoms with van der Waals surface area (Å²) in [6.07, 6.45) is 2.16. The number of carbonyl (C=O) groups is 1. The van der Waals surface area contributed by atoms with Crippen LogP contribution < -0.4 is 20.1 Å². The second-order valence-corrected chi connectivity index (χ2v) is 8.69. The van der Waals surface area contributed by atoms with Gasteiger partial charge in [0.05, 0.1) is 12.0 Å². The number of sulfonamides is 1. The van der Waals surface area contributed by atoms with E-state index in [2.05, 4.69) is 15.4 Å². The van der Waals surface area contributed by atoms with Crippen LogP contribution in [0.3, 0.4) is 0 Å². The third kappa shape index (κ3) is 6.95. The quantitative estimate of drug-likeness (QED) is 0.593. The van der Waals surface area contributed by atoms with Crippen molar-refractivity contribution in [2.75, 3.05) is 26.7 Å². The molecule has 0 radical (unpaired) electrons. The van der Waals surface area contributed by atoms with Crippen LogP contribution in [-0.2, 0) is 14.8 Å². The molecule has 1 aliphatic rings. The van der Waals surface area contributed by atoms with Crippen LogP contribution in [0, 0.1) is 11.8 Å². The normalized spacial score (nSPS) is 18.4. The molecule has 0 saturated carbocycles. The number of benzene rings is 1. The summed E-state index contributed by atoms with van der Waals surface area (Å²) in [6.45, 7) is 6.09. The number of methoxy groups -OCH3 is 1. The molecule has 0 aliphatic carbocycles. The smallest absolute Gasteiger partial charge is 0.241 e. The predicted octanol–water partition coefficient (Wildman–Crippen LogP) is 1.54. The third-order valence-corrected chi connectivity index (χ3v) is 6.02. The fourth-order valence-corrected chi connectivity index (χ4v) is 4.28. The molecule has 1 aromatic carbocycles. The Hall–Kier alpha value is -1.35. The third-order valence-electron chi connectivity index (χ3n) is 4.56. The molecule has 2 rings (SSSR count). The van der Waals surface area contributed by atoms with Gasteiger partial charge in [0.2, 0.25) is 15.9 Å². The van der Waals surface area contributed by atoms with Gasteiger partial charge in [-0.25, -0.2) is 8.42 Å². The van der Waals surface area contributed by atoms with E-state index in [0.717, 1.165) is 25.9 Å². The Morgan fingerprint density at radius 2 is 1.96 bits per heavy atom. The van der Waals surface area contributed by atoms with Gasteiger partial charge in [0.1, 0.15) is 11.8 Å². The Balaban J connectivity index is 0.00000364. The second kappa shape index (κ2) is 10.8. The van der Waals surface area contributed by atoms with Crippen molar-refractivity contribution in [3.63, 3.8) is 0 Å². The molecule has 1 aliphatic heterocycles. The molecule has 7 nitrogen and oxygen atoms in total. The number of ether oxygens (including phenoxy) is 1. The first-order valence-electron chi connectivity index (χ1n) is 8.98. The lowest BCUT2D eigenvalue weighted by atomic mass is 9.99. The Bertz CT molecular complexity index is 689. The van der Waals surface area contributed by atoms with Gasteiger partial charge in [-0.3, -0.25) is 4.79 Å². The van der Waals surface area contributed by atoms with E-state index in [9.17, 15) is 13.2 Å². The van der Waals surface area contributed by atoms with Crippen LogP contribution in [0.2, 0.25) is 0 Å². The molecular formula is C18H30ClN3O4S. The first kappa shape index (κ1) is 23.7. The van der Waals surface area contributed by atoms with Crippen LogP contribution in [0.25, 0.3) is 0 Å². The molecular weight excluding hydrogens is 390 g/mol. The SMILES string of the molecule is COc1ccc(S(=O)(=O)NC(C(=O)NCC2CCCNC2)C(C)C)cc1.Cl. The summed E-state index contributed by atoms with van der Waals surface area (Å²) in [5, 5.41) is 6.21. The summed E-state index contributed by atoms with van der Waals surface area (Å²) >= 11 is 0. The van der Waals surface area contributed by atoms with Gasteiger partial charge in [0, 0.05) is 6.54 Å². The molecule has 2 unspecified atom stereocenters. The lowest BCUT2D eigenvalue weighted by Crippen LogP contribution is -2.51. The van der Waals surface area contributed by atoms with Crippen LogP contribution >= 0.6 is 12.4 Å². The molecule has 1 heterocycles. The predicted molar refractivity (Wildman–Crippen MR) is 108 cm³/mol. The molecule has 3 N–H and O–H groups in total. The van der Waals surface area contributed by atoms with Gasteiger partial charge in [0.25, 0.3) is 0 Å². The molecule has 27 heavy (non-hydrogen) atoms. The van der Waals surface area contributed by atoms with Gasteiger partial charge in [-0.2, -0.15) is 4.72 Å². The highest BCUT2D eigenvalue weighted by molar-refractivity contribution is 7.89. The van der Waals surface area contributed by atoms with E-state index in [0.29, 0.717) is 18.2 Å². The van der Waals surface area contributed by atoms with Gasteiger partial charge in [-0.1, -0.05) is 13.8 Å². The summed E-state index contributed by atoms with van der Waals surface area (Å²) in [7, 11) is -2.28. The van der Waals surface area contributed by atoms with Gasteiger partial charge in [-0.05, 0) is 62.0 Å². The molecule has 0 bridgehead atoms. The zero-order valence-electron chi connectivity index (χ0n) is 16.0. The van der Waals surface area contributed by atoms with Crippen molar-refractivity contribution in [3.8, 4) is 5.75 Å². The maximum absolute atomic E-state index is 12.6. The summed E-state index contributed by atoms with van der Waals surface area (Å²) in [6, 6.07) is 5.26. The van der Waals surface area contributed by atoms with Gasteiger partial charge in [-0.15, -0.1) is 12.4 Å². The highest BCUT2D eigenvalue weighted by Gasteiger charge is 2.28. The molecule has 0 aromatic heterocycles.